The standard InChI is InChI=1S/C29H27N5O4S/c1-17-7-6-8-19(15-17)16-39-29-32-28-30-18(2)24(26(35)31-22-9-4-5-10-23(22)38-3)25(34(28)33-29)20-11-13-21(14-12-20)27(36)37/h4-15,25H,16H2,1-3H3,(H,31,35)(H,36,37)(H,30,32,33). The number of benzene rings is 3. The molecule has 0 fully saturated rings. The Hall–Kier alpha value is -4.57. The van der Waals surface area contributed by atoms with E-state index >= 15 is 0 Å². The van der Waals surface area contributed by atoms with E-state index in [1.807, 2.05) is 25.1 Å². The fraction of sp³-hybridized carbons (Fsp3) is 0.172. The molecule has 0 aliphatic carbocycles. The number of methoxy groups -OCH3 is 1. The Morgan fingerprint density at radius 1 is 1.08 bits per heavy atom. The van der Waals surface area contributed by atoms with Gasteiger partial charge in [0, 0.05) is 11.4 Å². The van der Waals surface area contributed by atoms with E-state index in [0.29, 0.717) is 45.1 Å². The van der Waals surface area contributed by atoms with Crippen LogP contribution in [0.1, 0.15) is 40.0 Å². The SMILES string of the molecule is COc1ccccc1NC(=O)C1=C(C)Nc2nc(SCc3cccc(C)c3)nn2C1c1ccc(C(=O)O)cc1. The van der Waals surface area contributed by atoms with Gasteiger partial charge in [0.05, 0.1) is 23.9 Å². The number of hydrogen-bond acceptors (Lipinski definition) is 7. The van der Waals surface area contributed by atoms with Crippen molar-refractivity contribution in [3.05, 3.63) is 106 Å². The number of nitrogens with one attached hydrogen (secondary N) is 2. The number of aromatic nitrogens is 3. The summed E-state index contributed by atoms with van der Waals surface area (Å²) >= 11 is 1.50. The lowest BCUT2D eigenvalue weighted by molar-refractivity contribution is -0.113. The molecule has 0 saturated carbocycles. The zero-order valence-corrected chi connectivity index (χ0v) is 22.5. The molecule has 0 radical (unpaired) electrons. The highest BCUT2D eigenvalue weighted by molar-refractivity contribution is 7.98. The molecular weight excluding hydrogens is 514 g/mol. The summed E-state index contributed by atoms with van der Waals surface area (Å²) in [7, 11) is 1.54. The number of hydrogen-bond donors (Lipinski definition) is 3. The number of fused-ring (bicyclic) bond motifs is 1. The lowest BCUT2D eigenvalue weighted by Gasteiger charge is -2.28. The molecule has 9 nitrogen and oxygen atoms in total. The van der Waals surface area contributed by atoms with Crippen molar-refractivity contribution in [2.24, 2.45) is 0 Å². The molecule has 2 heterocycles. The summed E-state index contributed by atoms with van der Waals surface area (Å²) in [6, 6.07) is 21.2. The van der Waals surface area contributed by atoms with Gasteiger partial charge >= 0.3 is 5.97 Å². The number of ether oxygens (including phenoxy) is 1. The van der Waals surface area contributed by atoms with Crippen molar-refractivity contribution in [3.8, 4) is 5.75 Å². The Morgan fingerprint density at radius 3 is 2.56 bits per heavy atom. The van der Waals surface area contributed by atoms with E-state index in [-0.39, 0.29) is 11.5 Å². The predicted octanol–water partition coefficient (Wildman–Crippen LogP) is 5.51. The largest absolute Gasteiger partial charge is 0.495 e. The van der Waals surface area contributed by atoms with Gasteiger partial charge in [0.15, 0.2) is 0 Å². The lowest BCUT2D eigenvalue weighted by Crippen LogP contribution is -2.31. The van der Waals surface area contributed by atoms with Crippen LogP contribution >= 0.6 is 11.8 Å². The predicted molar refractivity (Wildman–Crippen MR) is 150 cm³/mol. The van der Waals surface area contributed by atoms with Gasteiger partial charge in [-0.2, -0.15) is 4.98 Å². The molecule has 198 valence electrons. The number of amides is 1. The number of allylic oxidation sites excluding steroid dienone is 1. The van der Waals surface area contributed by atoms with Crippen molar-refractivity contribution in [1.29, 1.82) is 0 Å². The molecule has 0 saturated heterocycles. The Kier molecular flexibility index (Phi) is 7.38. The molecule has 3 aromatic carbocycles. The average Bonchev–Trinajstić information content (AvgIpc) is 3.34. The molecule has 1 aliphatic rings. The number of carboxylic acid groups (broad SMARTS) is 1. The first-order valence-electron chi connectivity index (χ1n) is 12.2. The van der Waals surface area contributed by atoms with Gasteiger partial charge in [-0.15, -0.1) is 5.10 Å². The maximum atomic E-state index is 13.7. The Balaban J connectivity index is 1.51. The molecule has 0 bridgehead atoms. The van der Waals surface area contributed by atoms with E-state index in [1.54, 1.807) is 36.1 Å². The summed E-state index contributed by atoms with van der Waals surface area (Å²) in [5, 5.41) is 20.9. The number of carbonyl (C=O) groups excluding carboxylic acids is 1. The van der Waals surface area contributed by atoms with Crippen molar-refractivity contribution in [2.75, 3.05) is 17.7 Å². The number of carbonyl (C=O) groups is 2. The summed E-state index contributed by atoms with van der Waals surface area (Å²) in [6.07, 6.45) is 0. The zero-order valence-electron chi connectivity index (χ0n) is 21.6. The van der Waals surface area contributed by atoms with Crippen molar-refractivity contribution < 1.29 is 19.4 Å². The average molecular weight is 542 g/mol. The van der Waals surface area contributed by atoms with Gasteiger partial charge in [0.2, 0.25) is 11.1 Å². The maximum Gasteiger partial charge on any atom is 0.335 e. The van der Waals surface area contributed by atoms with Crippen molar-refractivity contribution in [3.63, 3.8) is 0 Å². The number of rotatable bonds is 8. The Morgan fingerprint density at radius 2 is 1.85 bits per heavy atom. The third-order valence-corrected chi connectivity index (χ3v) is 7.27. The van der Waals surface area contributed by atoms with E-state index in [0.717, 1.165) is 5.56 Å². The molecule has 39 heavy (non-hydrogen) atoms. The van der Waals surface area contributed by atoms with Gasteiger partial charge in [-0.05, 0) is 49.2 Å². The monoisotopic (exact) mass is 541 g/mol. The third-order valence-electron chi connectivity index (χ3n) is 6.36. The molecule has 0 spiro atoms. The second-order valence-electron chi connectivity index (χ2n) is 9.09. The van der Waals surface area contributed by atoms with Crippen LogP contribution in [0.4, 0.5) is 11.6 Å². The summed E-state index contributed by atoms with van der Waals surface area (Å²) in [5.74, 6) is 0.360. The fourth-order valence-electron chi connectivity index (χ4n) is 4.49. The number of para-hydroxylation sites is 2. The van der Waals surface area contributed by atoms with Crippen LogP contribution in [0.15, 0.2) is 89.2 Å². The van der Waals surface area contributed by atoms with Gasteiger partial charge < -0.3 is 20.5 Å². The molecule has 4 aromatic rings. The first kappa shape index (κ1) is 26.1. The highest BCUT2D eigenvalue weighted by Crippen LogP contribution is 2.37. The van der Waals surface area contributed by atoms with Crippen LogP contribution in [-0.4, -0.2) is 38.9 Å². The summed E-state index contributed by atoms with van der Waals surface area (Å²) in [4.78, 5) is 29.9. The number of anilines is 2. The number of aryl methyl sites for hydroxylation is 1. The molecule has 1 amide bonds. The second-order valence-corrected chi connectivity index (χ2v) is 10.0. The van der Waals surface area contributed by atoms with Gasteiger partial charge in [0.1, 0.15) is 11.8 Å². The first-order valence-corrected chi connectivity index (χ1v) is 13.2. The third kappa shape index (κ3) is 5.51. The fourth-order valence-corrected chi connectivity index (χ4v) is 5.26. The van der Waals surface area contributed by atoms with E-state index in [4.69, 9.17) is 9.84 Å². The van der Waals surface area contributed by atoms with Gasteiger partial charge in [-0.1, -0.05) is 65.9 Å². The lowest BCUT2D eigenvalue weighted by atomic mass is 9.94. The molecule has 10 heteroatoms. The van der Waals surface area contributed by atoms with Crippen LogP contribution in [0, 0.1) is 6.92 Å². The maximum absolute atomic E-state index is 13.7. The van der Waals surface area contributed by atoms with Crippen LogP contribution in [0.3, 0.4) is 0 Å². The smallest absolute Gasteiger partial charge is 0.335 e. The minimum atomic E-state index is -1.02. The van der Waals surface area contributed by atoms with E-state index in [9.17, 15) is 14.7 Å². The molecule has 5 rings (SSSR count). The summed E-state index contributed by atoms with van der Waals surface area (Å²) < 4.78 is 7.08. The Labute approximate surface area is 229 Å². The number of nitrogens with zero attached hydrogens (tertiary/aromatic N) is 3. The molecule has 1 aliphatic heterocycles. The van der Waals surface area contributed by atoms with Crippen LogP contribution in [0.25, 0.3) is 0 Å². The van der Waals surface area contributed by atoms with Gasteiger partial charge in [-0.3, -0.25) is 4.79 Å². The summed E-state index contributed by atoms with van der Waals surface area (Å²) in [6.45, 7) is 3.87. The minimum Gasteiger partial charge on any atom is -0.495 e. The Bertz CT molecular complexity index is 1580. The van der Waals surface area contributed by atoms with Crippen molar-refractivity contribution >= 4 is 35.3 Å². The second kappa shape index (κ2) is 11.0. The molecule has 1 unspecified atom stereocenters. The van der Waals surface area contributed by atoms with Gasteiger partial charge in [-0.25, -0.2) is 9.48 Å². The highest BCUT2D eigenvalue weighted by Gasteiger charge is 2.34. The van der Waals surface area contributed by atoms with Crippen LogP contribution in [-0.2, 0) is 10.5 Å². The normalized spacial score (nSPS) is 14.4. The van der Waals surface area contributed by atoms with Gasteiger partial charge in [0.25, 0.3) is 5.91 Å². The van der Waals surface area contributed by atoms with E-state index < -0.39 is 12.0 Å². The molecule has 3 N–H and O–H groups in total. The number of carboxylic acids is 1. The van der Waals surface area contributed by atoms with Crippen LogP contribution < -0.4 is 15.4 Å². The quantitative estimate of drug-likeness (QED) is 0.250. The van der Waals surface area contributed by atoms with E-state index in [1.165, 1.54) is 29.5 Å². The highest BCUT2D eigenvalue weighted by atomic mass is 32.2. The zero-order chi connectivity index (χ0) is 27.5. The minimum absolute atomic E-state index is 0.154. The number of thioether (sulfide) groups is 1. The van der Waals surface area contributed by atoms with Crippen molar-refractivity contribution in [2.45, 2.75) is 30.8 Å². The topological polar surface area (TPSA) is 118 Å². The number of aromatic carboxylic acids is 1. The molecule has 1 atom stereocenters. The van der Waals surface area contributed by atoms with E-state index in [2.05, 4.69) is 40.7 Å². The summed E-state index contributed by atoms with van der Waals surface area (Å²) in [5.41, 5.74) is 4.77. The molecular formula is C29H27N5O4S. The van der Waals surface area contributed by atoms with Crippen LogP contribution in [0.5, 0.6) is 5.75 Å². The van der Waals surface area contributed by atoms with Crippen molar-refractivity contribution in [1.82, 2.24) is 14.8 Å². The van der Waals surface area contributed by atoms with Crippen LogP contribution in [0.2, 0.25) is 0 Å². The first-order chi connectivity index (χ1) is 18.8. The molecule has 1 aromatic heterocycles.